The molecule has 2 fully saturated rings. The van der Waals surface area contributed by atoms with Crippen molar-refractivity contribution in [2.24, 2.45) is 0 Å². The number of aromatic nitrogens is 7. The predicted octanol–water partition coefficient (Wildman–Crippen LogP) is 2.84. The molecule has 5 N–H and O–H groups in total. The molecule has 45 heavy (non-hydrogen) atoms. The summed E-state index contributed by atoms with van der Waals surface area (Å²) < 4.78 is 46.8. The number of nitrogens with one attached hydrogen (secondary N) is 1. The number of aromatic amines is 1. The molecule has 2 bridgehead atoms. The molecule has 4 aromatic heterocycles. The summed E-state index contributed by atoms with van der Waals surface area (Å²) >= 11 is 0. The molecule has 14 nitrogen and oxygen atoms in total. The van der Waals surface area contributed by atoms with E-state index in [-0.39, 0.29) is 52.1 Å². The molecule has 0 aliphatic carbocycles. The largest absolute Gasteiger partial charge is 0.494 e. The van der Waals surface area contributed by atoms with Crippen LogP contribution in [0.15, 0.2) is 47.6 Å². The van der Waals surface area contributed by atoms with Crippen molar-refractivity contribution in [3.63, 3.8) is 0 Å². The number of methoxy groups -OCH3 is 1. The lowest BCUT2D eigenvalue weighted by atomic mass is 9.87. The molecule has 2 aliphatic rings. The zero-order valence-electron chi connectivity index (χ0n) is 24.3. The van der Waals surface area contributed by atoms with Crippen LogP contribution in [0.5, 0.6) is 5.75 Å². The Morgan fingerprint density at radius 1 is 1.07 bits per heavy atom. The van der Waals surface area contributed by atoms with Gasteiger partial charge in [0.1, 0.15) is 10.7 Å². The van der Waals surface area contributed by atoms with Crippen molar-refractivity contribution in [2.75, 3.05) is 24.8 Å². The molecular weight excluding hydrogens is 603 g/mol. The highest BCUT2D eigenvalue weighted by Crippen LogP contribution is 2.45. The molecule has 2 saturated heterocycles. The SMILES string of the molecule is COc1ccc(-c2ccc(-c3cnn4c(N)c(S(C)(=O)=O)c([C@@H]5C[C@H]6CC[C@@H](C5)N6C(=O)c5nnc(N)[nH]5)nc34)cn2)cc1F. The Balaban J connectivity index is 1.25. The number of benzene rings is 1. The first-order chi connectivity index (χ1) is 21.5. The van der Waals surface area contributed by atoms with E-state index in [1.807, 2.05) is 6.07 Å². The Morgan fingerprint density at radius 2 is 1.80 bits per heavy atom. The van der Waals surface area contributed by atoms with Crippen LogP contribution in [0, 0.1) is 5.82 Å². The third-order valence-electron chi connectivity index (χ3n) is 8.62. The van der Waals surface area contributed by atoms with Gasteiger partial charge >= 0.3 is 0 Å². The number of piperidine rings is 1. The Bertz CT molecular complexity index is 2060. The molecule has 0 spiro atoms. The number of sulfone groups is 1. The molecule has 3 atom stereocenters. The van der Waals surface area contributed by atoms with Crippen LogP contribution in [0.4, 0.5) is 16.2 Å². The number of nitrogen functional groups attached to an aromatic ring is 2. The fraction of sp³-hybridized carbons (Fsp3) is 0.310. The highest BCUT2D eigenvalue weighted by Gasteiger charge is 2.46. The van der Waals surface area contributed by atoms with Gasteiger partial charge < -0.3 is 26.1 Å². The van der Waals surface area contributed by atoms with Gasteiger partial charge in [-0.15, -0.1) is 10.2 Å². The van der Waals surface area contributed by atoms with E-state index in [9.17, 15) is 17.6 Å². The molecule has 6 heterocycles. The van der Waals surface area contributed by atoms with Crippen molar-refractivity contribution in [3.8, 4) is 28.1 Å². The number of nitrogens with zero attached hydrogens (tertiary/aromatic N) is 7. The molecule has 7 rings (SSSR count). The van der Waals surface area contributed by atoms with Gasteiger partial charge in [-0.25, -0.2) is 17.8 Å². The van der Waals surface area contributed by atoms with Gasteiger partial charge in [0.25, 0.3) is 5.91 Å². The van der Waals surface area contributed by atoms with Crippen LogP contribution < -0.4 is 16.2 Å². The first-order valence-electron chi connectivity index (χ1n) is 14.2. The summed E-state index contributed by atoms with van der Waals surface area (Å²) in [4.78, 5) is 27.1. The second-order valence-electron chi connectivity index (χ2n) is 11.4. The third-order valence-corrected chi connectivity index (χ3v) is 9.78. The number of halogens is 1. The van der Waals surface area contributed by atoms with Crippen molar-refractivity contribution in [1.82, 2.24) is 39.7 Å². The van der Waals surface area contributed by atoms with Crippen molar-refractivity contribution in [2.45, 2.75) is 48.6 Å². The quantitative estimate of drug-likeness (QED) is 0.249. The lowest BCUT2D eigenvalue weighted by Gasteiger charge is -2.38. The van der Waals surface area contributed by atoms with Crippen LogP contribution in [0.1, 0.15) is 47.9 Å². The van der Waals surface area contributed by atoms with Gasteiger partial charge in [0, 0.05) is 47.1 Å². The standard InChI is InChI=1S/C29H29FN10O4S/c1-44-22-8-4-14(11-20(22)30)21-7-3-15(12-33-21)19-13-34-40-25(31)24(45(2,42)43)23(35-27(19)40)16-9-17-5-6-18(10-16)39(17)28(41)26-36-29(32)38-37-26/h3-4,7-8,11-13,16-18H,5-6,9-10,31H2,1-2H3,(H3,32,36,37,38)/t16-,17-,18+. The maximum absolute atomic E-state index is 14.3. The zero-order chi connectivity index (χ0) is 31.6. The van der Waals surface area contributed by atoms with E-state index in [1.165, 1.54) is 23.8 Å². The number of fused-ring (bicyclic) bond motifs is 3. The predicted molar refractivity (Wildman–Crippen MR) is 161 cm³/mol. The summed E-state index contributed by atoms with van der Waals surface area (Å²) in [6.45, 7) is 0. The van der Waals surface area contributed by atoms with Gasteiger partial charge in [0.2, 0.25) is 11.8 Å². The number of carbonyl (C=O) groups is 1. The van der Waals surface area contributed by atoms with E-state index in [4.69, 9.17) is 21.2 Å². The summed E-state index contributed by atoms with van der Waals surface area (Å²) in [7, 11) is -2.41. The molecule has 1 amide bonds. The summed E-state index contributed by atoms with van der Waals surface area (Å²) in [6, 6.07) is 7.87. The highest BCUT2D eigenvalue weighted by molar-refractivity contribution is 7.91. The van der Waals surface area contributed by atoms with Crippen LogP contribution in [0.3, 0.4) is 0 Å². The molecule has 232 valence electrons. The van der Waals surface area contributed by atoms with E-state index in [0.29, 0.717) is 46.6 Å². The molecule has 2 aliphatic heterocycles. The zero-order valence-corrected chi connectivity index (χ0v) is 25.1. The smallest absolute Gasteiger partial charge is 0.292 e. The second-order valence-corrected chi connectivity index (χ2v) is 13.3. The second kappa shape index (κ2) is 10.5. The molecule has 0 unspecified atom stereocenters. The van der Waals surface area contributed by atoms with Gasteiger partial charge in [0.05, 0.1) is 24.7 Å². The van der Waals surface area contributed by atoms with Gasteiger partial charge in [-0.2, -0.15) is 9.61 Å². The minimum Gasteiger partial charge on any atom is -0.494 e. The van der Waals surface area contributed by atoms with Crippen LogP contribution >= 0.6 is 0 Å². The van der Waals surface area contributed by atoms with Crippen LogP contribution in [-0.2, 0) is 9.84 Å². The normalized spacial score (nSPS) is 19.7. The number of nitrogens with two attached hydrogens (primary N) is 2. The Hall–Kier alpha value is -5.12. The van der Waals surface area contributed by atoms with Crippen molar-refractivity contribution < 1.29 is 22.3 Å². The Kier molecular flexibility index (Phi) is 6.68. The molecule has 5 aromatic rings. The molecule has 16 heteroatoms. The van der Waals surface area contributed by atoms with Crippen LogP contribution in [0.2, 0.25) is 0 Å². The van der Waals surface area contributed by atoms with E-state index in [2.05, 4.69) is 25.3 Å². The monoisotopic (exact) mass is 632 g/mol. The summed E-state index contributed by atoms with van der Waals surface area (Å²) in [5.41, 5.74) is 15.3. The maximum Gasteiger partial charge on any atom is 0.292 e. The fourth-order valence-electron chi connectivity index (χ4n) is 6.65. The lowest BCUT2D eigenvalue weighted by Crippen LogP contribution is -2.46. The average molecular weight is 633 g/mol. The average Bonchev–Trinajstić information content (AvgIpc) is 3.71. The first kappa shape index (κ1) is 28.6. The molecule has 0 radical (unpaired) electrons. The number of H-pyrrole nitrogens is 1. The molecule has 1 aromatic carbocycles. The number of amides is 1. The number of ether oxygens (including phenoxy) is 1. The Morgan fingerprint density at radius 3 is 2.40 bits per heavy atom. The summed E-state index contributed by atoms with van der Waals surface area (Å²) in [5, 5.41) is 11.9. The number of hydrogen-bond donors (Lipinski definition) is 3. The minimum absolute atomic E-state index is 0.0370. The van der Waals surface area contributed by atoms with Gasteiger partial charge in [-0.05, 0) is 49.9 Å². The first-order valence-corrected chi connectivity index (χ1v) is 16.1. The van der Waals surface area contributed by atoms with Crippen molar-refractivity contribution in [1.29, 1.82) is 0 Å². The third kappa shape index (κ3) is 4.81. The van der Waals surface area contributed by atoms with E-state index >= 15 is 0 Å². The Labute approximate surface area is 256 Å². The number of rotatable bonds is 6. The van der Waals surface area contributed by atoms with Gasteiger partial charge in [0.15, 0.2) is 27.1 Å². The van der Waals surface area contributed by atoms with Crippen molar-refractivity contribution in [3.05, 3.63) is 60.1 Å². The topological polar surface area (TPSA) is 200 Å². The van der Waals surface area contributed by atoms with Crippen LogP contribution in [0.25, 0.3) is 28.0 Å². The van der Waals surface area contributed by atoms with Gasteiger partial charge in [-0.1, -0.05) is 6.07 Å². The summed E-state index contributed by atoms with van der Waals surface area (Å²) in [6.07, 6.45) is 6.80. The number of pyridine rings is 1. The minimum atomic E-state index is -3.81. The number of hydrogen-bond acceptors (Lipinski definition) is 11. The van der Waals surface area contributed by atoms with Crippen molar-refractivity contribution >= 4 is 33.2 Å². The van der Waals surface area contributed by atoms with E-state index in [0.717, 1.165) is 19.1 Å². The van der Waals surface area contributed by atoms with Crippen LogP contribution in [-0.4, -0.2) is 79.4 Å². The maximum atomic E-state index is 14.3. The molecule has 0 saturated carbocycles. The summed E-state index contributed by atoms with van der Waals surface area (Å²) in [5.74, 6) is -0.834. The highest BCUT2D eigenvalue weighted by atomic mass is 32.2. The van der Waals surface area contributed by atoms with Gasteiger partial charge in [-0.3, -0.25) is 9.78 Å². The lowest BCUT2D eigenvalue weighted by molar-refractivity contribution is 0.0556. The fourth-order valence-corrected chi connectivity index (χ4v) is 7.71. The number of carbonyl (C=O) groups excluding carboxylic acids is 1. The van der Waals surface area contributed by atoms with E-state index in [1.54, 1.807) is 29.4 Å². The van der Waals surface area contributed by atoms with E-state index < -0.39 is 15.7 Å². The number of anilines is 2. The molecular formula is C29H29FN10O4S.